The number of para-hydroxylation sites is 1. The van der Waals surface area contributed by atoms with Crippen LogP contribution in [0.3, 0.4) is 0 Å². The van der Waals surface area contributed by atoms with Crippen LogP contribution < -0.4 is 16.0 Å². The zero-order chi connectivity index (χ0) is 24.8. The molecule has 0 saturated heterocycles. The zero-order valence-corrected chi connectivity index (χ0v) is 22.1. The second kappa shape index (κ2) is 11.5. The lowest BCUT2D eigenvalue weighted by molar-refractivity contribution is -0.115. The molecule has 35 heavy (non-hydrogen) atoms. The molecule has 4 rings (SSSR count). The third kappa shape index (κ3) is 6.91. The van der Waals surface area contributed by atoms with Gasteiger partial charge in [0.25, 0.3) is 0 Å². The number of hydrogen-bond acceptors (Lipinski definition) is 5. The van der Waals surface area contributed by atoms with Gasteiger partial charge >= 0.3 is 0 Å². The summed E-state index contributed by atoms with van der Waals surface area (Å²) >= 11 is 8.40. The maximum atomic E-state index is 12.9. The maximum absolute atomic E-state index is 12.9. The van der Waals surface area contributed by atoms with Crippen LogP contribution in [0.25, 0.3) is 11.3 Å². The SMILES string of the molecule is Cc1ccc(-c2nc(NC(=O)C(C)Sc3cccc(NC(=S)Nc4ccccc4)c3)sc2C)cc1. The molecule has 0 aliphatic rings. The Bertz CT molecular complexity index is 1320. The number of anilines is 3. The fourth-order valence-corrected chi connectivity index (χ4v) is 5.36. The number of nitrogens with zero attached hydrogens (tertiary/aromatic N) is 1. The van der Waals surface area contributed by atoms with E-state index in [1.807, 2.05) is 68.4 Å². The number of amides is 1. The molecule has 0 spiro atoms. The van der Waals surface area contributed by atoms with Crippen molar-refractivity contribution in [1.29, 1.82) is 0 Å². The second-order valence-corrected chi connectivity index (χ2v) is 11.0. The summed E-state index contributed by atoms with van der Waals surface area (Å²) in [5.74, 6) is -0.0844. The van der Waals surface area contributed by atoms with Crippen molar-refractivity contribution in [3.8, 4) is 11.3 Å². The summed E-state index contributed by atoms with van der Waals surface area (Å²) in [6.45, 7) is 5.98. The molecule has 3 N–H and O–H groups in total. The predicted octanol–water partition coefficient (Wildman–Crippen LogP) is 7.36. The van der Waals surface area contributed by atoms with E-state index in [2.05, 4.69) is 52.1 Å². The van der Waals surface area contributed by atoms with Crippen LogP contribution in [0.1, 0.15) is 17.4 Å². The molecule has 0 radical (unpaired) electrons. The largest absolute Gasteiger partial charge is 0.332 e. The maximum Gasteiger partial charge on any atom is 0.239 e. The molecule has 1 aromatic heterocycles. The molecule has 3 aromatic carbocycles. The van der Waals surface area contributed by atoms with Gasteiger partial charge < -0.3 is 16.0 Å². The molecule has 4 aromatic rings. The summed E-state index contributed by atoms with van der Waals surface area (Å²) in [7, 11) is 0. The lowest BCUT2D eigenvalue weighted by Gasteiger charge is -2.13. The highest BCUT2D eigenvalue weighted by atomic mass is 32.2. The molecular weight excluding hydrogens is 493 g/mol. The standard InChI is InChI=1S/C27H26N4OS3/c1-17-12-14-20(15-13-17)24-18(2)35-27(30-24)31-25(32)19(3)34-23-11-7-10-22(16-23)29-26(33)28-21-8-5-4-6-9-21/h4-16,19H,1-3H3,(H2,28,29,33)(H,30,31,32). The first-order chi connectivity index (χ1) is 16.9. The molecule has 0 fully saturated rings. The van der Waals surface area contributed by atoms with Gasteiger partial charge in [-0.15, -0.1) is 23.1 Å². The molecule has 8 heteroatoms. The van der Waals surface area contributed by atoms with Gasteiger partial charge in [0.05, 0.1) is 10.9 Å². The number of carbonyl (C=O) groups excluding carboxylic acids is 1. The van der Waals surface area contributed by atoms with E-state index in [0.29, 0.717) is 10.2 Å². The van der Waals surface area contributed by atoms with Gasteiger partial charge in [0.1, 0.15) is 0 Å². The van der Waals surface area contributed by atoms with Gasteiger partial charge in [0.2, 0.25) is 5.91 Å². The van der Waals surface area contributed by atoms with Crippen molar-refractivity contribution in [2.24, 2.45) is 0 Å². The highest BCUT2D eigenvalue weighted by molar-refractivity contribution is 8.00. The molecule has 0 bridgehead atoms. The second-order valence-electron chi connectivity index (χ2n) is 8.01. The lowest BCUT2D eigenvalue weighted by Crippen LogP contribution is -2.22. The van der Waals surface area contributed by atoms with Crippen molar-refractivity contribution >= 4 is 62.8 Å². The molecule has 1 atom stereocenters. The topological polar surface area (TPSA) is 66.0 Å². The molecule has 1 amide bonds. The molecule has 5 nitrogen and oxygen atoms in total. The van der Waals surface area contributed by atoms with Crippen LogP contribution in [-0.2, 0) is 4.79 Å². The van der Waals surface area contributed by atoms with E-state index in [9.17, 15) is 4.79 Å². The van der Waals surface area contributed by atoms with Crippen molar-refractivity contribution in [2.75, 3.05) is 16.0 Å². The van der Waals surface area contributed by atoms with Crippen LogP contribution in [0.4, 0.5) is 16.5 Å². The van der Waals surface area contributed by atoms with Gasteiger partial charge in [0.15, 0.2) is 10.2 Å². The number of nitrogens with one attached hydrogen (secondary N) is 3. The number of thiazole rings is 1. The van der Waals surface area contributed by atoms with Crippen LogP contribution >= 0.6 is 35.3 Å². The lowest BCUT2D eigenvalue weighted by atomic mass is 10.1. The van der Waals surface area contributed by atoms with E-state index in [0.717, 1.165) is 32.4 Å². The fourth-order valence-electron chi connectivity index (χ4n) is 3.36. The summed E-state index contributed by atoms with van der Waals surface area (Å²) in [4.78, 5) is 19.6. The van der Waals surface area contributed by atoms with Crippen LogP contribution in [0, 0.1) is 13.8 Å². The van der Waals surface area contributed by atoms with Gasteiger partial charge in [0, 0.05) is 26.7 Å². The summed E-state index contributed by atoms with van der Waals surface area (Å²) < 4.78 is 0. The minimum atomic E-state index is -0.299. The number of benzene rings is 3. The van der Waals surface area contributed by atoms with Gasteiger partial charge in [-0.25, -0.2) is 4.98 Å². The summed E-state index contributed by atoms with van der Waals surface area (Å²) in [6, 6.07) is 25.9. The normalized spacial score (nSPS) is 11.5. The van der Waals surface area contributed by atoms with Crippen molar-refractivity contribution in [3.05, 3.63) is 89.3 Å². The molecule has 0 aliphatic carbocycles. The Morgan fingerprint density at radius 3 is 2.34 bits per heavy atom. The Kier molecular flexibility index (Phi) is 8.17. The highest BCUT2D eigenvalue weighted by Crippen LogP contribution is 2.32. The minimum Gasteiger partial charge on any atom is -0.332 e. The Morgan fingerprint density at radius 1 is 0.914 bits per heavy atom. The van der Waals surface area contributed by atoms with Crippen LogP contribution in [0.5, 0.6) is 0 Å². The van der Waals surface area contributed by atoms with Gasteiger partial charge in [-0.2, -0.15) is 0 Å². The summed E-state index contributed by atoms with van der Waals surface area (Å²) in [5, 5.41) is 10.2. The third-order valence-corrected chi connectivity index (χ3v) is 7.34. The number of aromatic nitrogens is 1. The van der Waals surface area contributed by atoms with Crippen molar-refractivity contribution < 1.29 is 4.79 Å². The van der Waals surface area contributed by atoms with E-state index < -0.39 is 0 Å². The number of carbonyl (C=O) groups is 1. The molecular formula is C27H26N4OS3. The molecule has 0 saturated carbocycles. The molecule has 1 unspecified atom stereocenters. The Labute approximate surface area is 219 Å². The van der Waals surface area contributed by atoms with E-state index >= 15 is 0 Å². The Balaban J connectivity index is 1.35. The monoisotopic (exact) mass is 518 g/mol. The van der Waals surface area contributed by atoms with Crippen LogP contribution in [-0.4, -0.2) is 21.3 Å². The van der Waals surface area contributed by atoms with Crippen molar-refractivity contribution in [3.63, 3.8) is 0 Å². The summed E-state index contributed by atoms with van der Waals surface area (Å²) in [5.41, 5.74) is 4.94. The quantitative estimate of drug-likeness (QED) is 0.175. The number of rotatable bonds is 7. The van der Waals surface area contributed by atoms with Gasteiger partial charge in [-0.05, 0) is 63.3 Å². The average molecular weight is 519 g/mol. The Morgan fingerprint density at radius 2 is 1.60 bits per heavy atom. The first-order valence-electron chi connectivity index (χ1n) is 11.1. The highest BCUT2D eigenvalue weighted by Gasteiger charge is 2.18. The fraction of sp³-hybridized carbons (Fsp3) is 0.148. The smallest absolute Gasteiger partial charge is 0.239 e. The van der Waals surface area contributed by atoms with E-state index in [1.165, 1.54) is 28.7 Å². The van der Waals surface area contributed by atoms with Crippen LogP contribution in [0.15, 0.2) is 83.8 Å². The van der Waals surface area contributed by atoms with Crippen molar-refractivity contribution in [1.82, 2.24) is 4.98 Å². The van der Waals surface area contributed by atoms with Crippen molar-refractivity contribution in [2.45, 2.75) is 30.9 Å². The molecule has 1 heterocycles. The third-order valence-electron chi connectivity index (χ3n) is 5.16. The minimum absolute atomic E-state index is 0.0844. The van der Waals surface area contributed by atoms with Gasteiger partial charge in [-0.3, -0.25) is 4.79 Å². The number of aryl methyl sites for hydroxylation is 2. The molecule has 178 valence electrons. The first kappa shape index (κ1) is 24.9. The first-order valence-corrected chi connectivity index (χ1v) is 13.2. The van der Waals surface area contributed by atoms with E-state index in [4.69, 9.17) is 12.2 Å². The number of hydrogen-bond donors (Lipinski definition) is 3. The van der Waals surface area contributed by atoms with Crippen LogP contribution in [0.2, 0.25) is 0 Å². The number of thioether (sulfide) groups is 1. The number of thiocarbonyl (C=S) groups is 1. The molecule has 0 aliphatic heterocycles. The van der Waals surface area contributed by atoms with E-state index in [-0.39, 0.29) is 11.2 Å². The Hall–Kier alpha value is -3.20. The zero-order valence-electron chi connectivity index (χ0n) is 19.7. The van der Waals surface area contributed by atoms with Gasteiger partial charge in [-0.1, -0.05) is 54.1 Å². The van der Waals surface area contributed by atoms with E-state index in [1.54, 1.807) is 0 Å². The summed E-state index contributed by atoms with van der Waals surface area (Å²) in [6.07, 6.45) is 0. The average Bonchev–Trinajstić information content (AvgIpc) is 3.20. The predicted molar refractivity (Wildman–Crippen MR) is 154 cm³/mol.